The van der Waals surface area contributed by atoms with Gasteiger partial charge in [0.25, 0.3) is 0 Å². The van der Waals surface area contributed by atoms with Gasteiger partial charge in [0.1, 0.15) is 6.17 Å². The molecular formula is C14H19ClN2O2. The van der Waals surface area contributed by atoms with Gasteiger partial charge in [-0.25, -0.2) is 0 Å². The number of hydrogen-bond donors (Lipinski definition) is 1. The molecule has 5 heteroatoms. The van der Waals surface area contributed by atoms with Gasteiger partial charge in [0.15, 0.2) is 0 Å². The molecule has 0 radical (unpaired) electrons. The Kier molecular flexibility index (Phi) is 4.80. The number of nitrogens with zero attached hydrogens (tertiary/aromatic N) is 1. The van der Waals surface area contributed by atoms with E-state index in [1.807, 2.05) is 36.1 Å². The van der Waals surface area contributed by atoms with Crippen LogP contribution in [0.15, 0.2) is 24.3 Å². The van der Waals surface area contributed by atoms with Crippen LogP contribution in [0, 0.1) is 0 Å². The molecule has 0 aliphatic carbocycles. The third-order valence-electron chi connectivity index (χ3n) is 3.38. The molecule has 104 valence electrons. The summed E-state index contributed by atoms with van der Waals surface area (Å²) >= 11 is 5.90. The molecule has 19 heavy (non-hydrogen) atoms. The zero-order chi connectivity index (χ0) is 13.8. The van der Waals surface area contributed by atoms with Crippen molar-refractivity contribution >= 4 is 17.5 Å². The van der Waals surface area contributed by atoms with Crippen LogP contribution in [-0.4, -0.2) is 37.1 Å². The number of carbonyl (C=O) groups excluding carboxylic acids is 1. The number of methoxy groups -OCH3 is 1. The van der Waals surface area contributed by atoms with E-state index in [1.165, 1.54) is 0 Å². The number of rotatable bonds is 5. The van der Waals surface area contributed by atoms with E-state index in [9.17, 15) is 4.79 Å². The minimum atomic E-state index is -0.113. The predicted molar refractivity (Wildman–Crippen MR) is 75.0 cm³/mol. The van der Waals surface area contributed by atoms with Gasteiger partial charge < -0.3 is 9.64 Å². The van der Waals surface area contributed by atoms with Crippen molar-refractivity contribution in [2.45, 2.75) is 25.6 Å². The minimum Gasteiger partial charge on any atom is -0.383 e. The number of carbonyl (C=O) groups is 1. The Labute approximate surface area is 118 Å². The van der Waals surface area contributed by atoms with E-state index in [2.05, 4.69) is 5.32 Å². The van der Waals surface area contributed by atoms with Crippen LogP contribution in [0.3, 0.4) is 0 Å². The minimum absolute atomic E-state index is 0.0927. The molecule has 0 spiro atoms. The van der Waals surface area contributed by atoms with Gasteiger partial charge in [-0.05, 0) is 24.1 Å². The van der Waals surface area contributed by atoms with E-state index in [1.54, 1.807) is 7.11 Å². The summed E-state index contributed by atoms with van der Waals surface area (Å²) in [4.78, 5) is 14.1. The van der Waals surface area contributed by atoms with Crippen molar-refractivity contribution in [3.8, 4) is 0 Å². The first-order valence-electron chi connectivity index (χ1n) is 6.48. The van der Waals surface area contributed by atoms with Gasteiger partial charge in [-0.1, -0.05) is 30.7 Å². The van der Waals surface area contributed by atoms with Gasteiger partial charge >= 0.3 is 0 Å². The lowest BCUT2D eigenvalue weighted by Gasteiger charge is -2.24. The zero-order valence-corrected chi connectivity index (χ0v) is 12.0. The maximum Gasteiger partial charge on any atom is 0.241 e. The van der Waals surface area contributed by atoms with Crippen LogP contribution < -0.4 is 5.32 Å². The molecule has 2 unspecified atom stereocenters. The molecule has 4 nitrogen and oxygen atoms in total. The Morgan fingerprint density at radius 2 is 2.05 bits per heavy atom. The van der Waals surface area contributed by atoms with Crippen LogP contribution in [0.4, 0.5) is 0 Å². The number of amides is 1. The molecule has 1 amide bonds. The molecule has 1 aliphatic rings. The number of nitrogens with one attached hydrogen (secondary N) is 1. The van der Waals surface area contributed by atoms with E-state index in [4.69, 9.17) is 16.3 Å². The number of benzene rings is 1. The molecule has 2 atom stereocenters. The highest BCUT2D eigenvalue weighted by molar-refractivity contribution is 6.30. The first kappa shape index (κ1) is 14.3. The maximum atomic E-state index is 12.3. The van der Waals surface area contributed by atoms with Crippen LogP contribution in [0.2, 0.25) is 5.02 Å². The standard InChI is InChI=1S/C14H19ClN2O2/c1-3-12-14(18)17(8-9-19-2)13(16-12)10-4-6-11(15)7-5-10/h4-7,12-13,16H,3,8-9H2,1-2H3. The van der Waals surface area contributed by atoms with E-state index in [0.717, 1.165) is 12.0 Å². The molecule has 0 saturated carbocycles. The van der Waals surface area contributed by atoms with Gasteiger partial charge in [0.2, 0.25) is 5.91 Å². The molecule has 0 bridgehead atoms. The van der Waals surface area contributed by atoms with Crippen molar-refractivity contribution in [2.75, 3.05) is 20.3 Å². The third kappa shape index (κ3) is 3.08. The van der Waals surface area contributed by atoms with Crippen molar-refractivity contribution in [1.29, 1.82) is 0 Å². The number of hydrogen-bond acceptors (Lipinski definition) is 3. The van der Waals surface area contributed by atoms with Gasteiger partial charge in [-0.15, -0.1) is 0 Å². The second kappa shape index (κ2) is 6.37. The zero-order valence-electron chi connectivity index (χ0n) is 11.2. The Morgan fingerprint density at radius 1 is 1.37 bits per heavy atom. The summed E-state index contributed by atoms with van der Waals surface area (Å²) < 4.78 is 5.08. The van der Waals surface area contributed by atoms with Gasteiger partial charge in [-0.3, -0.25) is 10.1 Å². The van der Waals surface area contributed by atoms with Crippen molar-refractivity contribution < 1.29 is 9.53 Å². The van der Waals surface area contributed by atoms with Crippen LogP contribution in [0.1, 0.15) is 25.1 Å². The van der Waals surface area contributed by atoms with E-state index < -0.39 is 0 Å². The smallest absolute Gasteiger partial charge is 0.241 e. The Balaban J connectivity index is 2.20. The summed E-state index contributed by atoms with van der Waals surface area (Å²) in [5.74, 6) is 0.138. The predicted octanol–water partition coefficient (Wildman–Crippen LogP) is 2.20. The Morgan fingerprint density at radius 3 is 2.63 bits per heavy atom. The largest absolute Gasteiger partial charge is 0.383 e. The molecule has 1 aromatic carbocycles. The monoisotopic (exact) mass is 282 g/mol. The average Bonchev–Trinajstić information content (AvgIpc) is 2.74. The van der Waals surface area contributed by atoms with Crippen LogP contribution >= 0.6 is 11.6 Å². The van der Waals surface area contributed by atoms with Crippen LogP contribution in [0.5, 0.6) is 0 Å². The molecular weight excluding hydrogens is 264 g/mol. The second-order valence-electron chi connectivity index (χ2n) is 4.61. The molecule has 0 aromatic heterocycles. The van der Waals surface area contributed by atoms with Crippen molar-refractivity contribution in [3.63, 3.8) is 0 Å². The number of ether oxygens (including phenoxy) is 1. The summed E-state index contributed by atoms with van der Waals surface area (Å²) in [6.07, 6.45) is 0.691. The third-order valence-corrected chi connectivity index (χ3v) is 3.63. The second-order valence-corrected chi connectivity index (χ2v) is 5.04. The fraction of sp³-hybridized carbons (Fsp3) is 0.500. The molecule has 2 rings (SSSR count). The highest BCUT2D eigenvalue weighted by Crippen LogP contribution is 2.27. The molecule has 1 heterocycles. The van der Waals surface area contributed by atoms with Gasteiger partial charge in [-0.2, -0.15) is 0 Å². The van der Waals surface area contributed by atoms with Crippen LogP contribution in [0.25, 0.3) is 0 Å². The summed E-state index contributed by atoms with van der Waals surface area (Å²) in [5, 5.41) is 4.06. The first-order chi connectivity index (χ1) is 9.17. The molecule has 1 fully saturated rings. The van der Waals surface area contributed by atoms with E-state index in [-0.39, 0.29) is 18.1 Å². The molecule has 1 aromatic rings. The fourth-order valence-electron chi connectivity index (χ4n) is 2.32. The first-order valence-corrected chi connectivity index (χ1v) is 6.86. The normalized spacial score (nSPS) is 23.1. The maximum absolute atomic E-state index is 12.3. The lowest BCUT2D eigenvalue weighted by molar-refractivity contribution is -0.130. The van der Waals surface area contributed by atoms with E-state index >= 15 is 0 Å². The highest BCUT2D eigenvalue weighted by atomic mass is 35.5. The quantitative estimate of drug-likeness (QED) is 0.900. The van der Waals surface area contributed by atoms with Crippen molar-refractivity contribution in [1.82, 2.24) is 10.2 Å². The SMILES string of the molecule is CCC1NC(c2ccc(Cl)cc2)N(CCOC)C1=O. The van der Waals surface area contributed by atoms with Gasteiger partial charge in [0, 0.05) is 18.7 Å². The van der Waals surface area contributed by atoms with Crippen molar-refractivity contribution in [3.05, 3.63) is 34.9 Å². The molecule has 1 N–H and O–H groups in total. The summed E-state index contributed by atoms with van der Waals surface area (Å²) in [6, 6.07) is 7.47. The topological polar surface area (TPSA) is 41.6 Å². The summed E-state index contributed by atoms with van der Waals surface area (Å²) in [5.41, 5.74) is 1.05. The summed E-state index contributed by atoms with van der Waals surface area (Å²) in [7, 11) is 1.64. The van der Waals surface area contributed by atoms with E-state index in [0.29, 0.717) is 18.2 Å². The Hall–Kier alpha value is -1.10. The lowest BCUT2D eigenvalue weighted by atomic mass is 10.1. The van der Waals surface area contributed by atoms with Crippen molar-refractivity contribution in [2.24, 2.45) is 0 Å². The number of halogens is 1. The Bertz CT molecular complexity index is 436. The van der Waals surface area contributed by atoms with Crippen LogP contribution in [-0.2, 0) is 9.53 Å². The molecule has 1 aliphatic heterocycles. The summed E-state index contributed by atoms with van der Waals surface area (Å²) in [6.45, 7) is 3.13. The molecule has 1 saturated heterocycles. The lowest BCUT2D eigenvalue weighted by Crippen LogP contribution is -2.33. The van der Waals surface area contributed by atoms with Gasteiger partial charge in [0.05, 0.1) is 12.6 Å². The highest BCUT2D eigenvalue weighted by Gasteiger charge is 2.38. The average molecular weight is 283 g/mol. The fourth-order valence-corrected chi connectivity index (χ4v) is 2.45.